The molecule has 2 N–H and O–H groups in total. The minimum absolute atomic E-state index is 0.383. The summed E-state index contributed by atoms with van der Waals surface area (Å²) in [6.07, 6.45) is 3.75. The number of rotatable bonds is 8. The number of nitrogens with two attached hydrogens (primary N) is 1. The molecule has 1 rings (SSSR count). The molecule has 0 saturated heterocycles. The Morgan fingerprint density at radius 1 is 1.20 bits per heavy atom. The maximum atomic E-state index is 11.5. The van der Waals surface area contributed by atoms with Gasteiger partial charge in [-0.3, -0.25) is 4.79 Å². The number of ether oxygens (including phenoxy) is 1. The van der Waals surface area contributed by atoms with Gasteiger partial charge in [-0.25, -0.2) is 0 Å². The Labute approximate surface area is 121 Å². The molecule has 0 saturated carbocycles. The van der Waals surface area contributed by atoms with E-state index in [1.807, 2.05) is 19.1 Å². The van der Waals surface area contributed by atoms with Gasteiger partial charge >= 0.3 is 0 Å². The Hall–Kier alpha value is -1.77. The van der Waals surface area contributed by atoms with Crippen LogP contribution in [-0.4, -0.2) is 12.5 Å². The second-order valence-corrected chi connectivity index (χ2v) is 5.23. The number of aryl methyl sites for hydroxylation is 2. The normalized spacial score (nSPS) is 10.3. The lowest BCUT2D eigenvalue weighted by molar-refractivity contribution is 0.1000. The minimum atomic E-state index is -0.383. The van der Waals surface area contributed by atoms with Gasteiger partial charge in [-0.15, -0.1) is 0 Å². The fraction of sp³-hybridized carbons (Fsp3) is 0.471. The summed E-state index contributed by atoms with van der Waals surface area (Å²) in [4.78, 5) is 11.5. The SMILES string of the molecule is C=C(C)COc1c(CCC)cc(C(N)=O)cc1CCC. The average Bonchev–Trinajstić information content (AvgIpc) is 2.37. The highest BCUT2D eigenvalue weighted by Gasteiger charge is 2.14. The van der Waals surface area contributed by atoms with Crippen LogP contribution in [0.2, 0.25) is 0 Å². The fourth-order valence-corrected chi connectivity index (χ4v) is 2.19. The van der Waals surface area contributed by atoms with Crippen molar-refractivity contribution in [3.05, 3.63) is 41.0 Å². The minimum Gasteiger partial charge on any atom is -0.489 e. The summed E-state index contributed by atoms with van der Waals surface area (Å²) in [7, 11) is 0. The van der Waals surface area contributed by atoms with E-state index in [0.717, 1.165) is 48.1 Å². The van der Waals surface area contributed by atoms with Gasteiger partial charge in [0.2, 0.25) is 5.91 Å². The zero-order valence-corrected chi connectivity index (χ0v) is 12.8. The number of hydrogen-bond donors (Lipinski definition) is 1. The number of carbonyl (C=O) groups excluding carboxylic acids is 1. The van der Waals surface area contributed by atoms with Crippen molar-refractivity contribution in [3.8, 4) is 5.75 Å². The molecule has 1 aromatic rings. The highest BCUT2D eigenvalue weighted by atomic mass is 16.5. The highest BCUT2D eigenvalue weighted by Crippen LogP contribution is 2.29. The highest BCUT2D eigenvalue weighted by molar-refractivity contribution is 5.93. The largest absolute Gasteiger partial charge is 0.489 e. The first-order chi connectivity index (χ1) is 9.49. The van der Waals surface area contributed by atoms with Gasteiger partial charge in [0.25, 0.3) is 0 Å². The van der Waals surface area contributed by atoms with E-state index in [1.54, 1.807) is 0 Å². The molecule has 0 unspecified atom stereocenters. The number of primary amides is 1. The summed E-state index contributed by atoms with van der Waals surface area (Å²) < 4.78 is 5.92. The lowest BCUT2D eigenvalue weighted by Crippen LogP contribution is -2.13. The van der Waals surface area contributed by atoms with Crippen LogP contribution in [0.15, 0.2) is 24.3 Å². The monoisotopic (exact) mass is 275 g/mol. The summed E-state index contributed by atoms with van der Waals surface area (Å²) in [5.74, 6) is 0.521. The van der Waals surface area contributed by atoms with Crippen molar-refractivity contribution in [2.24, 2.45) is 5.73 Å². The fourth-order valence-electron chi connectivity index (χ4n) is 2.19. The van der Waals surface area contributed by atoms with Crippen LogP contribution in [-0.2, 0) is 12.8 Å². The summed E-state index contributed by atoms with van der Waals surface area (Å²) in [6, 6.07) is 3.72. The van der Waals surface area contributed by atoms with E-state index < -0.39 is 0 Å². The van der Waals surface area contributed by atoms with Crippen LogP contribution in [0, 0.1) is 0 Å². The molecule has 20 heavy (non-hydrogen) atoms. The van der Waals surface area contributed by atoms with E-state index in [1.165, 1.54) is 0 Å². The molecule has 0 aliphatic heterocycles. The molecule has 0 aromatic heterocycles. The number of amides is 1. The van der Waals surface area contributed by atoms with Gasteiger partial charge in [0.15, 0.2) is 0 Å². The third kappa shape index (κ3) is 4.41. The van der Waals surface area contributed by atoms with Gasteiger partial charge in [0.1, 0.15) is 12.4 Å². The quantitative estimate of drug-likeness (QED) is 0.736. The third-order valence-corrected chi connectivity index (χ3v) is 3.03. The van der Waals surface area contributed by atoms with Crippen molar-refractivity contribution in [3.63, 3.8) is 0 Å². The van der Waals surface area contributed by atoms with Gasteiger partial charge in [-0.1, -0.05) is 33.3 Å². The van der Waals surface area contributed by atoms with Crippen LogP contribution >= 0.6 is 0 Å². The van der Waals surface area contributed by atoms with E-state index in [4.69, 9.17) is 10.5 Å². The van der Waals surface area contributed by atoms with Gasteiger partial charge < -0.3 is 10.5 Å². The second-order valence-electron chi connectivity index (χ2n) is 5.23. The third-order valence-electron chi connectivity index (χ3n) is 3.03. The average molecular weight is 275 g/mol. The van der Waals surface area contributed by atoms with E-state index in [0.29, 0.717) is 12.2 Å². The lowest BCUT2D eigenvalue weighted by atomic mass is 9.98. The Kier molecular flexibility index (Phi) is 6.29. The summed E-state index contributed by atoms with van der Waals surface area (Å²) in [6.45, 7) is 10.5. The Morgan fingerprint density at radius 2 is 1.70 bits per heavy atom. The standard InChI is InChI=1S/C17H25NO2/c1-5-7-13-9-15(17(18)19)10-14(8-6-2)16(13)20-11-12(3)4/h9-10H,3,5-8,11H2,1-2,4H3,(H2,18,19). The number of benzene rings is 1. The first kappa shape index (κ1) is 16.3. The summed E-state index contributed by atoms with van der Waals surface area (Å²) >= 11 is 0. The van der Waals surface area contributed by atoms with Crippen LogP contribution in [0.1, 0.15) is 55.1 Å². The van der Waals surface area contributed by atoms with Gasteiger partial charge in [0.05, 0.1) is 0 Å². The first-order valence-corrected chi connectivity index (χ1v) is 7.22. The van der Waals surface area contributed by atoms with Crippen LogP contribution in [0.4, 0.5) is 0 Å². The summed E-state index contributed by atoms with van der Waals surface area (Å²) in [5.41, 5.74) is 9.10. The molecule has 0 aliphatic carbocycles. The Morgan fingerprint density at radius 3 is 2.05 bits per heavy atom. The number of hydrogen-bond acceptors (Lipinski definition) is 2. The first-order valence-electron chi connectivity index (χ1n) is 7.22. The molecular formula is C17H25NO2. The molecule has 0 aliphatic rings. The van der Waals surface area contributed by atoms with Crippen molar-refractivity contribution < 1.29 is 9.53 Å². The van der Waals surface area contributed by atoms with Crippen LogP contribution < -0.4 is 10.5 Å². The van der Waals surface area contributed by atoms with Crippen molar-refractivity contribution in [2.45, 2.75) is 46.5 Å². The maximum absolute atomic E-state index is 11.5. The zero-order valence-electron chi connectivity index (χ0n) is 12.8. The molecule has 3 heteroatoms. The molecule has 1 aromatic carbocycles. The molecule has 0 atom stereocenters. The van der Waals surface area contributed by atoms with Crippen molar-refractivity contribution in [1.29, 1.82) is 0 Å². The molecule has 0 radical (unpaired) electrons. The Bertz CT molecular complexity index is 465. The molecule has 1 amide bonds. The molecule has 0 bridgehead atoms. The molecule has 3 nitrogen and oxygen atoms in total. The summed E-state index contributed by atoms with van der Waals surface area (Å²) in [5, 5.41) is 0. The Balaban J connectivity index is 3.25. The van der Waals surface area contributed by atoms with E-state index in [2.05, 4.69) is 20.4 Å². The molecule has 0 spiro atoms. The number of carbonyl (C=O) groups is 1. The predicted molar refractivity (Wildman–Crippen MR) is 83.3 cm³/mol. The van der Waals surface area contributed by atoms with E-state index in [9.17, 15) is 4.79 Å². The van der Waals surface area contributed by atoms with Crippen molar-refractivity contribution in [2.75, 3.05) is 6.61 Å². The topological polar surface area (TPSA) is 52.3 Å². The smallest absolute Gasteiger partial charge is 0.248 e. The lowest BCUT2D eigenvalue weighted by Gasteiger charge is -2.17. The molecule has 0 fully saturated rings. The predicted octanol–water partition coefficient (Wildman–Crippen LogP) is 3.65. The van der Waals surface area contributed by atoms with Gasteiger partial charge in [-0.05, 0) is 48.6 Å². The van der Waals surface area contributed by atoms with Crippen LogP contribution in [0.25, 0.3) is 0 Å². The molecular weight excluding hydrogens is 250 g/mol. The van der Waals surface area contributed by atoms with Crippen molar-refractivity contribution in [1.82, 2.24) is 0 Å². The van der Waals surface area contributed by atoms with E-state index in [-0.39, 0.29) is 5.91 Å². The maximum Gasteiger partial charge on any atom is 0.248 e. The van der Waals surface area contributed by atoms with Gasteiger partial charge in [-0.2, -0.15) is 0 Å². The van der Waals surface area contributed by atoms with Crippen LogP contribution in [0.3, 0.4) is 0 Å². The van der Waals surface area contributed by atoms with Crippen LogP contribution in [0.5, 0.6) is 5.75 Å². The van der Waals surface area contributed by atoms with E-state index >= 15 is 0 Å². The second kappa shape index (κ2) is 7.73. The molecule has 0 heterocycles. The molecule has 110 valence electrons. The van der Waals surface area contributed by atoms with Gasteiger partial charge in [0, 0.05) is 5.56 Å². The zero-order chi connectivity index (χ0) is 15.1. The van der Waals surface area contributed by atoms with Crippen molar-refractivity contribution >= 4 is 5.91 Å².